The Balaban J connectivity index is 1.53. The number of amides is 3. The van der Waals surface area contributed by atoms with E-state index in [9.17, 15) is 14.4 Å². The van der Waals surface area contributed by atoms with Gasteiger partial charge < -0.3 is 20.6 Å². The summed E-state index contributed by atoms with van der Waals surface area (Å²) in [5.41, 5.74) is 0.540. The number of likely N-dealkylation sites (tertiary alicyclic amines) is 1. The second kappa shape index (κ2) is 6.10. The molecule has 3 rings (SSSR count). The molecule has 0 radical (unpaired) electrons. The van der Waals surface area contributed by atoms with Crippen molar-refractivity contribution in [2.24, 2.45) is 11.3 Å². The van der Waals surface area contributed by atoms with Gasteiger partial charge in [-0.15, -0.1) is 0 Å². The number of carbonyl (C=O) groups is 3. The van der Waals surface area contributed by atoms with E-state index in [4.69, 9.17) is 5.11 Å². The highest BCUT2D eigenvalue weighted by Gasteiger charge is 2.58. The van der Waals surface area contributed by atoms with E-state index in [1.54, 1.807) is 12.1 Å². The maximum absolute atomic E-state index is 12.4. The molecule has 1 aliphatic carbocycles. The number of hydrogen-bond acceptors (Lipinski definition) is 4. The Labute approximate surface area is 139 Å². The van der Waals surface area contributed by atoms with Crippen LogP contribution in [0.1, 0.15) is 26.2 Å². The van der Waals surface area contributed by atoms with Gasteiger partial charge in [-0.3, -0.25) is 9.59 Å². The fourth-order valence-corrected chi connectivity index (χ4v) is 3.37. The van der Waals surface area contributed by atoms with Crippen molar-refractivity contribution in [2.45, 2.75) is 26.2 Å². The third-order valence-corrected chi connectivity index (χ3v) is 4.87. The zero-order chi connectivity index (χ0) is 17.3. The van der Waals surface area contributed by atoms with Crippen molar-refractivity contribution in [3.05, 3.63) is 18.3 Å². The van der Waals surface area contributed by atoms with Gasteiger partial charge in [0.2, 0.25) is 11.8 Å². The molecule has 24 heavy (non-hydrogen) atoms. The average molecular weight is 332 g/mol. The lowest BCUT2D eigenvalue weighted by molar-refractivity contribution is -0.118. The van der Waals surface area contributed by atoms with E-state index < -0.39 is 6.09 Å². The van der Waals surface area contributed by atoms with Gasteiger partial charge in [-0.1, -0.05) is 0 Å². The number of nitrogens with one attached hydrogen (secondary N) is 2. The molecule has 1 spiro atoms. The van der Waals surface area contributed by atoms with Gasteiger partial charge in [0.05, 0.1) is 11.9 Å². The standard InChI is InChI=1S/C16H20N4O4/c1-10(21)18-13-3-2-11(9-17-13)19-14(22)12-8-16(12)4-6-20(7-5-16)15(23)24/h2-3,9,12H,4-8H2,1H3,(H,19,22)(H,23,24)(H,17,18,21). The minimum absolute atomic E-state index is 0.0421. The van der Waals surface area contributed by atoms with Crippen LogP contribution in [0.3, 0.4) is 0 Å². The van der Waals surface area contributed by atoms with Crippen LogP contribution in [0.4, 0.5) is 16.3 Å². The average Bonchev–Trinajstić information content (AvgIpc) is 3.23. The monoisotopic (exact) mass is 332 g/mol. The molecule has 1 aromatic rings. The molecule has 3 amide bonds. The number of anilines is 2. The molecule has 1 aliphatic heterocycles. The molecule has 0 aromatic carbocycles. The van der Waals surface area contributed by atoms with E-state index in [1.807, 2.05) is 0 Å². The highest BCUT2D eigenvalue weighted by atomic mass is 16.4. The second-order valence-electron chi connectivity index (χ2n) is 6.49. The van der Waals surface area contributed by atoms with Crippen LogP contribution < -0.4 is 10.6 Å². The molecule has 1 saturated heterocycles. The highest BCUT2D eigenvalue weighted by Crippen LogP contribution is 2.59. The highest BCUT2D eigenvalue weighted by molar-refractivity contribution is 5.95. The van der Waals surface area contributed by atoms with Crippen molar-refractivity contribution in [1.82, 2.24) is 9.88 Å². The fourth-order valence-electron chi connectivity index (χ4n) is 3.37. The fraction of sp³-hybridized carbons (Fsp3) is 0.500. The van der Waals surface area contributed by atoms with Crippen LogP contribution in [0.2, 0.25) is 0 Å². The van der Waals surface area contributed by atoms with Crippen LogP contribution >= 0.6 is 0 Å². The summed E-state index contributed by atoms with van der Waals surface area (Å²) in [5, 5.41) is 14.4. The lowest BCUT2D eigenvalue weighted by Crippen LogP contribution is -2.39. The minimum Gasteiger partial charge on any atom is -0.465 e. The van der Waals surface area contributed by atoms with Crippen molar-refractivity contribution < 1.29 is 19.5 Å². The molecule has 8 heteroatoms. The summed E-state index contributed by atoms with van der Waals surface area (Å²) in [6, 6.07) is 3.32. The Hall–Kier alpha value is -2.64. The Morgan fingerprint density at radius 3 is 2.50 bits per heavy atom. The van der Waals surface area contributed by atoms with Crippen molar-refractivity contribution in [2.75, 3.05) is 23.7 Å². The van der Waals surface area contributed by atoms with Crippen LogP contribution in [0.25, 0.3) is 0 Å². The molecular formula is C16H20N4O4. The summed E-state index contributed by atoms with van der Waals surface area (Å²) in [6.45, 7) is 2.39. The van der Waals surface area contributed by atoms with Crippen LogP contribution in [0.5, 0.6) is 0 Å². The number of nitrogens with zero attached hydrogens (tertiary/aromatic N) is 2. The number of pyridine rings is 1. The lowest BCUT2D eigenvalue weighted by atomic mass is 9.91. The lowest BCUT2D eigenvalue weighted by Gasteiger charge is -2.30. The van der Waals surface area contributed by atoms with Crippen LogP contribution in [-0.4, -0.2) is 46.0 Å². The van der Waals surface area contributed by atoms with Crippen LogP contribution in [0.15, 0.2) is 18.3 Å². The van der Waals surface area contributed by atoms with Gasteiger partial charge in [-0.2, -0.15) is 0 Å². The molecule has 1 unspecified atom stereocenters. The van der Waals surface area contributed by atoms with E-state index in [0.717, 1.165) is 19.3 Å². The summed E-state index contributed by atoms with van der Waals surface area (Å²) >= 11 is 0. The summed E-state index contributed by atoms with van der Waals surface area (Å²) in [6.07, 6.45) is 2.89. The first-order valence-electron chi connectivity index (χ1n) is 7.92. The quantitative estimate of drug-likeness (QED) is 0.781. The Kier molecular flexibility index (Phi) is 4.13. The number of carboxylic acid groups (broad SMARTS) is 1. The molecule has 2 heterocycles. The van der Waals surface area contributed by atoms with Gasteiger partial charge in [0.15, 0.2) is 0 Å². The second-order valence-corrected chi connectivity index (χ2v) is 6.49. The molecule has 3 N–H and O–H groups in total. The third kappa shape index (κ3) is 3.32. The number of aromatic nitrogens is 1. The molecular weight excluding hydrogens is 312 g/mol. The van der Waals surface area contributed by atoms with E-state index in [1.165, 1.54) is 18.0 Å². The molecule has 0 bridgehead atoms. The Bertz CT molecular complexity index is 665. The van der Waals surface area contributed by atoms with Crippen LogP contribution in [-0.2, 0) is 9.59 Å². The number of carbonyl (C=O) groups excluding carboxylic acids is 2. The van der Waals surface area contributed by atoms with Crippen molar-refractivity contribution in [3.8, 4) is 0 Å². The van der Waals surface area contributed by atoms with Crippen LogP contribution in [0, 0.1) is 11.3 Å². The van der Waals surface area contributed by atoms with E-state index >= 15 is 0 Å². The van der Waals surface area contributed by atoms with E-state index in [2.05, 4.69) is 15.6 Å². The first-order chi connectivity index (χ1) is 11.4. The molecule has 2 aliphatic rings. The topological polar surface area (TPSA) is 112 Å². The zero-order valence-electron chi connectivity index (χ0n) is 13.4. The molecule has 2 fully saturated rings. The maximum atomic E-state index is 12.4. The smallest absolute Gasteiger partial charge is 0.407 e. The first-order valence-corrected chi connectivity index (χ1v) is 7.92. The predicted octanol–water partition coefficient (Wildman–Crippen LogP) is 1.76. The number of hydrogen-bond donors (Lipinski definition) is 3. The van der Waals surface area contributed by atoms with Gasteiger partial charge in [0.25, 0.3) is 0 Å². The Morgan fingerprint density at radius 2 is 1.96 bits per heavy atom. The predicted molar refractivity (Wildman–Crippen MR) is 86.5 cm³/mol. The van der Waals surface area contributed by atoms with Gasteiger partial charge in [-0.05, 0) is 36.8 Å². The number of rotatable bonds is 3. The SMILES string of the molecule is CC(=O)Nc1ccc(NC(=O)C2CC23CCN(C(=O)O)CC3)cn1. The summed E-state index contributed by atoms with van der Waals surface area (Å²) in [4.78, 5) is 39.8. The normalized spacial score (nSPS) is 21.2. The van der Waals surface area contributed by atoms with Crippen molar-refractivity contribution in [3.63, 3.8) is 0 Å². The molecule has 1 atom stereocenters. The largest absolute Gasteiger partial charge is 0.465 e. The van der Waals surface area contributed by atoms with E-state index in [0.29, 0.717) is 24.6 Å². The summed E-state index contributed by atoms with van der Waals surface area (Å²) < 4.78 is 0. The van der Waals surface area contributed by atoms with Crippen molar-refractivity contribution in [1.29, 1.82) is 0 Å². The maximum Gasteiger partial charge on any atom is 0.407 e. The zero-order valence-corrected chi connectivity index (χ0v) is 13.4. The Morgan fingerprint density at radius 1 is 1.25 bits per heavy atom. The van der Waals surface area contributed by atoms with E-state index in [-0.39, 0.29) is 23.1 Å². The van der Waals surface area contributed by atoms with Gasteiger partial charge in [-0.25, -0.2) is 9.78 Å². The van der Waals surface area contributed by atoms with Crippen molar-refractivity contribution >= 4 is 29.4 Å². The van der Waals surface area contributed by atoms with Gasteiger partial charge in [0, 0.05) is 25.9 Å². The first kappa shape index (κ1) is 16.2. The molecule has 8 nitrogen and oxygen atoms in total. The summed E-state index contributed by atoms with van der Waals surface area (Å²) in [7, 11) is 0. The van der Waals surface area contributed by atoms with Gasteiger partial charge >= 0.3 is 6.09 Å². The van der Waals surface area contributed by atoms with Gasteiger partial charge in [0.1, 0.15) is 5.82 Å². The molecule has 1 aromatic heterocycles. The third-order valence-electron chi connectivity index (χ3n) is 4.87. The minimum atomic E-state index is -0.892. The summed E-state index contributed by atoms with van der Waals surface area (Å²) in [5.74, 6) is 0.118. The molecule has 128 valence electrons. The number of piperidine rings is 1. The molecule has 1 saturated carbocycles.